The molecule has 0 unspecified atom stereocenters. The lowest BCUT2D eigenvalue weighted by atomic mass is 10.1. The van der Waals surface area contributed by atoms with Gasteiger partial charge in [-0.1, -0.05) is 35.3 Å². The van der Waals surface area contributed by atoms with Gasteiger partial charge in [0.2, 0.25) is 0 Å². The number of benzene rings is 3. The predicted molar refractivity (Wildman–Crippen MR) is 138 cm³/mol. The smallest absolute Gasteiger partial charge is 0.293 e. The van der Waals surface area contributed by atoms with Crippen molar-refractivity contribution in [2.24, 2.45) is 0 Å². The van der Waals surface area contributed by atoms with Gasteiger partial charge in [-0.15, -0.1) is 0 Å². The number of ether oxygens (including phenoxy) is 2. The first kappa shape index (κ1) is 25.6. The number of rotatable bonds is 8. The molecule has 0 aliphatic carbocycles. The van der Waals surface area contributed by atoms with Gasteiger partial charge in [-0.05, 0) is 70.9 Å². The molecule has 1 aliphatic heterocycles. The van der Waals surface area contributed by atoms with Gasteiger partial charge in [0.1, 0.15) is 6.61 Å². The zero-order chi connectivity index (χ0) is 25.8. The first-order chi connectivity index (χ1) is 17.2. The molecule has 1 fully saturated rings. The third-order valence-corrected chi connectivity index (χ3v) is 6.74. The number of carbonyl (C=O) groups is 2. The van der Waals surface area contributed by atoms with Crippen LogP contribution in [-0.4, -0.2) is 28.1 Å². The van der Waals surface area contributed by atoms with Gasteiger partial charge in [0.25, 0.3) is 16.8 Å². The molecule has 11 heteroatoms. The van der Waals surface area contributed by atoms with Crippen LogP contribution in [0.5, 0.6) is 11.5 Å². The molecule has 4 rings (SSSR count). The number of nitro groups is 1. The summed E-state index contributed by atoms with van der Waals surface area (Å²) in [6.45, 7) is 0.219. The van der Waals surface area contributed by atoms with Crippen molar-refractivity contribution >= 4 is 57.9 Å². The highest BCUT2D eigenvalue weighted by Gasteiger charge is 2.35. The number of imide groups is 1. The predicted octanol–water partition coefficient (Wildman–Crippen LogP) is 6.73. The molecule has 184 valence electrons. The van der Waals surface area contributed by atoms with Gasteiger partial charge in [-0.25, -0.2) is 0 Å². The number of nitrogens with zero attached hydrogens (tertiary/aromatic N) is 2. The summed E-state index contributed by atoms with van der Waals surface area (Å²) in [6.07, 6.45) is 1.61. The molecule has 0 spiro atoms. The Kier molecular flexibility index (Phi) is 7.83. The van der Waals surface area contributed by atoms with Crippen molar-refractivity contribution in [1.82, 2.24) is 4.90 Å². The van der Waals surface area contributed by atoms with E-state index < -0.39 is 16.1 Å². The number of non-ortho nitro benzene ring substituents is 1. The van der Waals surface area contributed by atoms with Crippen molar-refractivity contribution in [3.8, 4) is 11.5 Å². The van der Waals surface area contributed by atoms with E-state index in [2.05, 4.69) is 0 Å². The second kappa shape index (κ2) is 11.0. The average molecular weight is 545 g/mol. The van der Waals surface area contributed by atoms with Crippen LogP contribution in [0.15, 0.2) is 65.6 Å². The molecule has 0 aromatic heterocycles. The third-order valence-electron chi connectivity index (χ3n) is 5.24. The lowest BCUT2D eigenvalue weighted by Crippen LogP contribution is -2.27. The van der Waals surface area contributed by atoms with Crippen LogP contribution < -0.4 is 9.47 Å². The standard InChI is InChI=1S/C25H18Cl2N2O6S/c1-34-22-10-16(4-9-21(22)35-14-15-2-7-19(8-3-15)29(32)33)11-23-24(30)28(25(31)36-23)13-17-5-6-18(26)12-20(17)27/h2-12H,13-14H2,1H3/b23-11+. The summed E-state index contributed by atoms with van der Waals surface area (Å²) in [5.41, 5.74) is 2.01. The number of methoxy groups -OCH3 is 1. The first-order valence-corrected chi connectivity index (χ1v) is 12.1. The first-order valence-electron chi connectivity index (χ1n) is 10.5. The van der Waals surface area contributed by atoms with Crippen LogP contribution in [0, 0.1) is 10.1 Å². The van der Waals surface area contributed by atoms with E-state index in [0.717, 1.165) is 22.2 Å². The number of hydrogen-bond acceptors (Lipinski definition) is 7. The molecule has 36 heavy (non-hydrogen) atoms. The maximum atomic E-state index is 12.9. The van der Waals surface area contributed by atoms with Crippen LogP contribution in [0.2, 0.25) is 10.0 Å². The summed E-state index contributed by atoms with van der Waals surface area (Å²) in [7, 11) is 1.49. The second-order valence-electron chi connectivity index (χ2n) is 7.63. The highest BCUT2D eigenvalue weighted by Crippen LogP contribution is 2.36. The zero-order valence-electron chi connectivity index (χ0n) is 18.8. The molecule has 2 amide bonds. The quantitative estimate of drug-likeness (QED) is 0.176. The largest absolute Gasteiger partial charge is 0.493 e. The Morgan fingerprint density at radius 1 is 1.03 bits per heavy atom. The minimum absolute atomic E-state index is 0.00126. The van der Waals surface area contributed by atoms with Crippen molar-refractivity contribution in [3.05, 3.63) is 102 Å². The Labute approximate surface area is 220 Å². The maximum absolute atomic E-state index is 12.9. The van der Waals surface area contributed by atoms with Gasteiger partial charge in [0, 0.05) is 22.2 Å². The number of carbonyl (C=O) groups excluding carboxylic acids is 2. The van der Waals surface area contributed by atoms with E-state index in [-0.39, 0.29) is 23.7 Å². The fraction of sp³-hybridized carbons (Fsp3) is 0.120. The van der Waals surface area contributed by atoms with E-state index in [1.54, 1.807) is 54.6 Å². The Hall–Kier alpha value is -3.53. The summed E-state index contributed by atoms with van der Waals surface area (Å²) in [4.78, 5) is 37.1. The van der Waals surface area contributed by atoms with Crippen molar-refractivity contribution in [2.75, 3.05) is 7.11 Å². The second-order valence-corrected chi connectivity index (χ2v) is 9.46. The van der Waals surface area contributed by atoms with Gasteiger partial charge in [-0.3, -0.25) is 24.6 Å². The van der Waals surface area contributed by atoms with Crippen molar-refractivity contribution in [1.29, 1.82) is 0 Å². The Bertz CT molecular complexity index is 1380. The molecule has 8 nitrogen and oxygen atoms in total. The molecular formula is C25H18Cl2N2O6S. The highest BCUT2D eigenvalue weighted by molar-refractivity contribution is 8.18. The van der Waals surface area contributed by atoms with Gasteiger partial charge in [-0.2, -0.15) is 0 Å². The van der Waals surface area contributed by atoms with E-state index in [9.17, 15) is 19.7 Å². The van der Waals surface area contributed by atoms with Crippen LogP contribution >= 0.6 is 35.0 Å². The molecular weight excluding hydrogens is 527 g/mol. The van der Waals surface area contributed by atoms with Crippen LogP contribution in [0.1, 0.15) is 16.7 Å². The number of halogens is 2. The van der Waals surface area contributed by atoms with Crippen LogP contribution in [0.3, 0.4) is 0 Å². The number of amides is 2. The van der Waals surface area contributed by atoms with E-state index in [1.807, 2.05) is 0 Å². The average Bonchev–Trinajstić information content (AvgIpc) is 3.12. The number of nitro benzene ring substituents is 1. The van der Waals surface area contributed by atoms with Crippen molar-refractivity contribution in [2.45, 2.75) is 13.2 Å². The fourth-order valence-corrected chi connectivity index (χ4v) is 4.68. The molecule has 0 saturated carbocycles. The van der Waals surface area contributed by atoms with Gasteiger partial charge < -0.3 is 9.47 Å². The fourth-order valence-electron chi connectivity index (χ4n) is 3.38. The summed E-state index contributed by atoms with van der Waals surface area (Å²) < 4.78 is 11.2. The molecule has 3 aromatic rings. The van der Waals surface area contributed by atoms with Crippen molar-refractivity contribution in [3.63, 3.8) is 0 Å². The van der Waals surface area contributed by atoms with Gasteiger partial charge in [0.15, 0.2) is 11.5 Å². The monoisotopic (exact) mass is 544 g/mol. The summed E-state index contributed by atoms with van der Waals surface area (Å²) in [6, 6.07) is 16.1. The van der Waals surface area contributed by atoms with Gasteiger partial charge >= 0.3 is 0 Å². The molecule has 0 radical (unpaired) electrons. The molecule has 0 bridgehead atoms. The van der Waals surface area contributed by atoms with E-state index in [4.69, 9.17) is 32.7 Å². The molecule has 1 aliphatic rings. The summed E-state index contributed by atoms with van der Waals surface area (Å²) in [5, 5.41) is 11.2. The topological polar surface area (TPSA) is 99.0 Å². The third kappa shape index (κ3) is 5.81. The summed E-state index contributed by atoms with van der Waals surface area (Å²) in [5.74, 6) is 0.463. The molecule has 1 heterocycles. The molecule has 0 N–H and O–H groups in total. The Morgan fingerprint density at radius 3 is 2.44 bits per heavy atom. The van der Waals surface area contributed by atoms with Crippen LogP contribution in [0.4, 0.5) is 10.5 Å². The number of thioether (sulfide) groups is 1. The SMILES string of the molecule is COc1cc(/C=C2/SC(=O)N(Cc3ccc(Cl)cc3Cl)C2=O)ccc1OCc1ccc([N+](=O)[O-])cc1. The van der Waals surface area contributed by atoms with E-state index >= 15 is 0 Å². The number of hydrogen-bond donors (Lipinski definition) is 0. The molecule has 3 aromatic carbocycles. The minimum Gasteiger partial charge on any atom is -0.493 e. The lowest BCUT2D eigenvalue weighted by Gasteiger charge is -2.13. The lowest BCUT2D eigenvalue weighted by molar-refractivity contribution is -0.384. The van der Waals surface area contributed by atoms with Crippen molar-refractivity contribution < 1.29 is 24.0 Å². The minimum atomic E-state index is -0.464. The molecule has 0 atom stereocenters. The van der Waals surface area contributed by atoms with Crippen LogP contribution in [0.25, 0.3) is 6.08 Å². The Morgan fingerprint density at radius 2 is 1.78 bits per heavy atom. The molecule has 1 saturated heterocycles. The zero-order valence-corrected chi connectivity index (χ0v) is 21.1. The van der Waals surface area contributed by atoms with E-state index in [1.165, 1.54) is 19.2 Å². The van der Waals surface area contributed by atoms with Gasteiger partial charge in [0.05, 0.1) is 23.5 Å². The maximum Gasteiger partial charge on any atom is 0.293 e. The Balaban J connectivity index is 1.47. The van der Waals surface area contributed by atoms with Crippen LogP contribution in [-0.2, 0) is 17.9 Å². The summed E-state index contributed by atoms with van der Waals surface area (Å²) >= 11 is 13.0. The van der Waals surface area contributed by atoms with E-state index in [0.29, 0.717) is 32.7 Å². The normalized spacial score (nSPS) is 14.4. The highest BCUT2D eigenvalue weighted by atomic mass is 35.5.